The Morgan fingerprint density at radius 2 is 0.576 bits per heavy atom. The maximum Gasteiger partial charge on any atom is 3.00 e. The van der Waals surface area contributed by atoms with Crippen LogP contribution in [0.1, 0.15) is 116 Å². The van der Waals surface area contributed by atoms with Gasteiger partial charge in [0.25, 0.3) is 0 Å². The Bertz CT molecular complexity index is 2760. The van der Waals surface area contributed by atoms with Gasteiger partial charge >= 0.3 is 19.5 Å². The van der Waals surface area contributed by atoms with Crippen molar-refractivity contribution in [1.29, 1.82) is 0 Å². The van der Waals surface area contributed by atoms with Crippen molar-refractivity contribution in [3.63, 3.8) is 0 Å². The van der Waals surface area contributed by atoms with Gasteiger partial charge in [0.05, 0.1) is 22.8 Å². The van der Waals surface area contributed by atoms with E-state index < -0.39 is 0 Å². The van der Waals surface area contributed by atoms with Crippen LogP contribution in [0.15, 0.2) is 72.8 Å². The summed E-state index contributed by atoms with van der Waals surface area (Å²) in [4.78, 5) is 22.4. The molecule has 0 saturated carbocycles. The predicted octanol–water partition coefficient (Wildman–Crippen LogP) is 16.3. The molecule has 336 valence electrons. The molecule has 2 aliphatic rings. The molecule has 7 aromatic rings. The molecule has 4 aromatic carbocycles. The maximum atomic E-state index is 5.59. The summed E-state index contributed by atoms with van der Waals surface area (Å²) in [5.41, 5.74) is 30.4. The second kappa shape index (κ2) is 19.5. The minimum Gasteiger partial charge on any atom is -0.657 e. The van der Waals surface area contributed by atoms with Crippen LogP contribution in [0.3, 0.4) is 0 Å². The van der Waals surface area contributed by atoms with Gasteiger partial charge in [-0.25, -0.2) is 9.97 Å². The van der Waals surface area contributed by atoms with Crippen molar-refractivity contribution >= 4 is 46.4 Å². The normalized spacial score (nSPS) is 11.7. The number of aromatic nitrogens is 4. The molecule has 0 fully saturated rings. The quantitative estimate of drug-likeness (QED) is 0.123. The molecule has 0 spiro atoms. The molecule has 0 aliphatic carbocycles. The SMILES string of the molecule is Cc1cc(C)c(-c2c3nc(c(-c4c(C)cc(C)cc4C)c4ccc([n-]4)c(-c4c(C)cc(C)cc4C)c4nc(c(-c5c(C)cc(C)cc5C)c5ccc2[n-]5)C=C4)C=C3)c(C)c1.[CH2-]CCCC.[Rh+3]. The molecule has 0 atom stereocenters. The minimum atomic E-state index is 0. The molecule has 66 heavy (non-hydrogen) atoms. The second-order valence-corrected chi connectivity index (χ2v) is 18.7. The first-order chi connectivity index (χ1) is 31.1. The number of nitrogens with zero attached hydrogens (tertiary/aromatic N) is 4. The molecule has 2 aliphatic heterocycles. The first-order valence-electron chi connectivity index (χ1n) is 23.3. The van der Waals surface area contributed by atoms with Gasteiger partial charge in [-0.2, -0.15) is 6.42 Å². The van der Waals surface area contributed by atoms with Crippen LogP contribution >= 0.6 is 0 Å². The fourth-order valence-corrected chi connectivity index (χ4v) is 10.7. The third-order valence-electron chi connectivity index (χ3n) is 12.9. The smallest absolute Gasteiger partial charge is 0.657 e. The zero-order valence-corrected chi connectivity index (χ0v) is 42.8. The number of hydrogen-bond donors (Lipinski definition) is 0. The molecular weight excluding hydrogens is 892 g/mol. The Morgan fingerprint density at radius 1 is 0.364 bits per heavy atom. The van der Waals surface area contributed by atoms with Gasteiger partial charge in [-0.3, -0.25) is 0 Å². The summed E-state index contributed by atoms with van der Waals surface area (Å²) in [5.74, 6) is 0. The van der Waals surface area contributed by atoms with E-state index in [0.29, 0.717) is 0 Å². The Hall–Kier alpha value is -5.90. The number of rotatable bonds is 6. The van der Waals surface area contributed by atoms with E-state index in [1.165, 1.54) is 79.6 Å². The molecule has 4 nitrogen and oxygen atoms in total. The predicted molar refractivity (Wildman–Crippen MR) is 280 cm³/mol. The third kappa shape index (κ3) is 9.12. The molecule has 0 unspecified atom stereocenters. The van der Waals surface area contributed by atoms with Crippen molar-refractivity contribution in [1.82, 2.24) is 19.9 Å². The molecule has 9 rings (SSSR count). The monoisotopic (exact) mass is 954 g/mol. The van der Waals surface area contributed by atoms with Crippen molar-refractivity contribution in [3.05, 3.63) is 169 Å². The summed E-state index contributed by atoms with van der Waals surface area (Å²) in [7, 11) is 0. The Kier molecular flexibility index (Phi) is 14.2. The molecular formula is C61H63N4Rh. The number of fused-ring (bicyclic) bond motifs is 8. The molecule has 0 saturated heterocycles. The fourth-order valence-electron chi connectivity index (χ4n) is 10.7. The molecule has 8 bridgehead atoms. The van der Waals surface area contributed by atoms with Crippen LogP contribution in [-0.2, 0) is 19.5 Å². The number of aryl methyl sites for hydroxylation is 12. The zero-order valence-electron chi connectivity index (χ0n) is 41.2. The van der Waals surface area contributed by atoms with Crippen LogP contribution in [0.2, 0.25) is 0 Å². The molecule has 0 radical (unpaired) electrons. The first kappa shape index (κ1) is 48.0. The number of hydrogen-bond acceptors (Lipinski definition) is 2. The van der Waals surface area contributed by atoms with Crippen LogP contribution in [0, 0.1) is 90.0 Å². The van der Waals surface area contributed by atoms with Gasteiger partial charge in [0, 0.05) is 0 Å². The summed E-state index contributed by atoms with van der Waals surface area (Å²) in [6.45, 7) is 32.2. The van der Waals surface area contributed by atoms with Crippen LogP contribution in [0.25, 0.3) is 90.9 Å². The van der Waals surface area contributed by atoms with E-state index in [0.717, 1.165) is 95.8 Å². The number of benzene rings is 4. The third-order valence-corrected chi connectivity index (χ3v) is 12.9. The topological polar surface area (TPSA) is 54.0 Å². The second-order valence-electron chi connectivity index (χ2n) is 18.7. The van der Waals surface area contributed by atoms with E-state index in [4.69, 9.17) is 19.9 Å². The fraction of sp³-hybridized carbons (Fsp3) is 0.262. The largest absolute Gasteiger partial charge is 3.00 e. The van der Waals surface area contributed by atoms with Crippen LogP contribution < -0.4 is 9.97 Å². The Labute approximate surface area is 406 Å². The molecule has 0 amide bonds. The Balaban J connectivity index is 0.00000103. The summed E-state index contributed by atoms with van der Waals surface area (Å²) in [6.07, 6.45) is 12.4. The molecule has 5 heteroatoms. The van der Waals surface area contributed by atoms with Crippen molar-refractivity contribution in [2.24, 2.45) is 0 Å². The van der Waals surface area contributed by atoms with E-state index in [9.17, 15) is 0 Å². The van der Waals surface area contributed by atoms with E-state index in [-0.39, 0.29) is 19.5 Å². The van der Waals surface area contributed by atoms with Crippen molar-refractivity contribution in [2.75, 3.05) is 0 Å². The standard InChI is InChI=1S/C56H52N4.C5H11.Rh/c1-29-21-33(5)49(34(6)22-29)53-41-13-15-43(57-41)54(50-35(7)23-30(2)24-36(50)8)45-17-19-47(59-45)56(52-39(11)27-32(4)28-40(52)12)48-20-18-46(60-48)55(44-16-14-42(53)58-44)51-37(9)25-31(3)26-38(51)10;1-3-5-4-2;/h13-28H,1-12H3;1,3-5H2,2H3;/q-2;-1;+3. The van der Waals surface area contributed by atoms with Crippen molar-refractivity contribution in [2.45, 2.75) is 109 Å². The van der Waals surface area contributed by atoms with Gasteiger partial charge in [-0.05, 0) is 196 Å². The van der Waals surface area contributed by atoms with E-state index in [1.807, 2.05) is 0 Å². The van der Waals surface area contributed by atoms with Crippen LogP contribution in [-0.4, -0.2) is 9.97 Å². The maximum absolute atomic E-state index is 5.59. The van der Waals surface area contributed by atoms with Crippen molar-refractivity contribution < 1.29 is 19.5 Å². The first-order valence-corrected chi connectivity index (χ1v) is 23.3. The summed E-state index contributed by atoms with van der Waals surface area (Å²) in [6, 6.07) is 26.9. The van der Waals surface area contributed by atoms with E-state index in [1.54, 1.807) is 0 Å². The summed E-state index contributed by atoms with van der Waals surface area (Å²) in [5, 5.41) is 0. The van der Waals surface area contributed by atoms with Crippen molar-refractivity contribution in [3.8, 4) is 44.5 Å². The van der Waals surface area contributed by atoms with Gasteiger partial charge < -0.3 is 16.9 Å². The van der Waals surface area contributed by atoms with Gasteiger partial charge in [-0.1, -0.05) is 115 Å². The zero-order chi connectivity index (χ0) is 46.4. The van der Waals surface area contributed by atoms with Gasteiger partial charge in [0.15, 0.2) is 0 Å². The Morgan fingerprint density at radius 3 is 0.742 bits per heavy atom. The van der Waals surface area contributed by atoms with Gasteiger partial charge in [0.1, 0.15) is 0 Å². The average Bonchev–Trinajstić information content (AvgIpc) is 4.06. The van der Waals surface area contributed by atoms with E-state index in [2.05, 4.69) is 194 Å². The number of unbranched alkanes of at least 4 members (excludes halogenated alkanes) is 2. The average molecular weight is 955 g/mol. The van der Waals surface area contributed by atoms with Crippen LogP contribution in [0.5, 0.6) is 0 Å². The van der Waals surface area contributed by atoms with Crippen LogP contribution in [0.4, 0.5) is 0 Å². The molecule has 3 aromatic heterocycles. The summed E-state index contributed by atoms with van der Waals surface area (Å²) >= 11 is 0. The molecule has 0 N–H and O–H groups in total. The van der Waals surface area contributed by atoms with Gasteiger partial charge in [-0.15, -0.1) is 22.1 Å². The minimum absolute atomic E-state index is 0. The van der Waals surface area contributed by atoms with E-state index >= 15 is 0 Å². The van der Waals surface area contributed by atoms with Gasteiger partial charge in [0.2, 0.25) is 0 Å². The summed E-state index contributed by atoms with van der Waals surface area (Å²) < 4.78 is 0. The molecule has 5 heterocycles.